The molecular formula is C26H17N3O3S. The van der Waals surface area contributed by atoms with Crippen LogP contribution in [0.25, 0.3) is 38.8 Å². The van der Waals surface area contributed by atoms with E-state index in [-0.39, 0.29) is 5.57 Å². The molecule has 0 spiro atoms. The second-order valence-corrected chi connectivity index (χ2v) is 8.22. The quantitative estimate of drug-likeness (QED) is 0.278. The fourth-order valence-corrected chi connectivity index (χ4v) is 4.28. The molecule has 3 heterocycles. The van der Waals surface area contributed by atoms with E-state index in [9.17, 15) is 14.7 Å². The van der Waals surface area contributed by atoms with Crippen LogP contribution in [0, 0.1) is 0 Å². The molecule has 5 aromatic rings. The lowest BCUT2D eigenvalue weighted by atomic mass is 10.0. The van der Waals surface area contributed by atoms with Crippen molar-refractivity contribution in [2.24, 2.45) is 0 Å². The number of rotatable bonds is 6. The Morgan fingerprint density at radius 1 is 0.909 bits per heavy atom. The molecule has 0 aliphatic heterocycles. The molecule has 0 atom stereocenters. The number of aromatic nitrogens is 3. The van der Waals surface area contributed by atoms with Gasteiger partial charge in [-0.25, -0.2) is 14.5 Å². The molecule has 1 N–H and O–H groups in total. The van der Waals surface area contributed by atoms with Gasteiger partial charge in [0.2, 0.25) is 0 Å². The van der Waals surface area contributed by atoms with Crippen LogP contribution in [0.15, 0.2) is 90.4 Å². The molecule has 0 saturated heterocycles. The number of para-hydroxylation sites is 2. The Kier molecular flexibility index (Phi) is 5.38. The van der Waals surface area contributed by atoms with Crippen molar-refractivity contribution in [3.8, 4) is 16.3 Å². The van der Waals surface area contributed by atoms with Gasteiger partial charge in [0.25, 0.3) is 5.78 Å². The maximum absolute atomic E-state index is 12.7. The molecule has 0 aliphatic carbocycles. The average Bonchev–Trinajstić information content (AvgIpc) is 3.52. The first-order chi connectivity index (χ1) is 16.1. The lowest BCUT2D eigenvalue weighted by molar-refractivity contribution is -0.146. The van der Waals surface area contributed by atoms with E-state index < -0.39 is 11.8 Å². The van der Waals surface area contributed by atoms with Gasteiger partial charge >= 0.3 is 5.97 Å². The molecule has 0 fully saturated rings. The first-order valence-electron chi connectivity index (χ1n) is 10.1. The van der Waals surface area contributed by atoms with Crippen LogP contribution in [0.3, 0.4) is 0 Å². The highest BCUT2D eigenvalue weighted by molar-refractivity contribution is 7.13. The minimum atomic E-state index is -1.54. The molecule has 7 heteroatoms. The number of carboxylic acid groups (broad SMARTS) is 1. The third-order valence-corrected chi connectivity index (χ3v) is 6.01. The van der Waals surface area contributed by atoms with Gasteiger partial charge in [-0.05, 0) is 41.8 Å². The van der Waals surface area contributed by atoms with E-state index in [1.807, 2.05) is 78.2 Å². The summed E-state index contributed by atoms with van der Waals surface area (Å²) in [5.41, 5.74) is 3.11. The Labute approximate surface area is 193 Å². The Morgan fingerprint density at radius 3 is 2.45 bits per heavy atom. The maximum atomic E-state index is 12.7. The van der Waals surface area contributed by atoms with Crippen LogP contribution < -0.4 is 0 Å². The second-order valence-electron chi connectivity index (χ2n) is 7.27. The number of fused-ring (bicyclic) bond motifs is 1. The zero-order valence-electron chi connectivity index (χ0n) is 17.3. The van der Waals surface area contributed by atoms with Crippen molar-refractivity contribution < 1.29 is 14.7 Å². The molecule has 3 aromatic heterocycles. The van der Waals surface area contributed by atoms with Gasteiger partial charge < -0.3 is 5.11 Å². The van der Waals surface area contributed by atoms with E-state index in [0.717, 1.165) is 16.0 Å². The largest absolute Gasteiger partial charge is 0.475 e. The van der Waals surface area contributed by atoms with Crippen molar-refractivity contribution in [3.05, 3.63) is 102 Å². The highest BCUT2D eigenvalue weighted by atomic mass is 32.1. The number of ketones is 1. The normalized spacial score (nSPS) is 11.6. The van der Waals surface area contributed by atoms with E-state index in [0.29, 0.717) is 22.5 Å². The third kappa shape index (κ3) is 4.09. The Morgan fingerprint density at radius 2 is 1.70 bits per heavy atom. The van der Waals surface area contributed by atoms with E-state index in [4.69, 9.17) is 5.10 Å². The van der Waals surface area contributed by atoms with Gasteiger partial charge in [0.15, 0.2) is 0 Å². The molecule has 0 bridgehead atoms. The van der Waals surface area contributed by atoms with Crippen molar-refractivity contribution in [1.29, 1.82) is 0 Å². The standard InChI is InChI=1S/C26H17N3O3S/c30-25(26(31)32)20(22-13-12-17-7-4-5-10-21(17)27-22)15-18-16-29(19-8-2-1-3-9-19)28-24(18)23-11-6-14-33-23/h1-16H,(H,31,32)/b20-15+. The zero-order valence-corrected chi connectivity index (χ0v) is 18.1. The van der Waals surface area contributed by atoms with Crippen molar-refractivity contribution in [2.45, 2.75) is 0 Å². The van der Waals surface area contributed by atoms with Crippen molar-refractivity contribution in [2.75, 3.05) is 0 Å². The van der Waals surface area contributed by atoms with E-state index in [1.165, 1.54) is 11.3 Å². The van der Waals surface area contributed by atoms with Gasteiger partial charge in [0.05, 0.1) is 27.3 Å². The van der Waals surface area contributed by atoms with E-state index in [1.54, 1.807) is 23.0 Å². The zero-order chi connectivity index (χ0) is 22.8. The van der Waals surface area contributed by atoms with Gasteiger partial charge in [-0.3, -0.25) is 4.79 Å². The van der Waals surface area contributed by atoms with Crippen LogP contribution in [0.5, 0.6) is 0 Å². The highest BCUT2D eigenvalue weighted by Gasteiger charge is 2.23. The highest BCUT2D eigenvalue weighted by Crippen LogP contribution is 2.31. The number of benzene rings is 2. The average molecular weight is 452 g/mol. The summed E-state index contributed by atoms with van der Waals surface area (Å²) in [5.74, 6) is -2.56. The number of hydrogen-bond acceptors (Lipinski definition) is 5. The number of nitrogens with zero attached hydrogens (tertiary/aromatic N) is 3. The van der Waals surface area contributed by atoms with Crippen LogP contribution in [0.4, 0.5) is 0 Å². The van der Waals surface area contributed by atoms with Gasteiger partial charge in [0, 0.05) is 17.1 Å². The number of aliphatic carboxylic acids is 1. The lowest BCUT2D eigenvalue weighted by Crippen LogP contribution is -2.15. The van der Waals surface area contributed by atoms with Crippen LogP contribution >= 0.6 is 11.3 Å². The summed E-state index contributed by atoms with van der Waals surface area (Å²) in [6.45, 7) is 0. The molecule has 0 unspecified atom stereocenters. The Hall–Kier alpha value is -4.36. The summed E-state index contributed by atoms with van der Waals surface area (Å²) in [7, 11) is 0. The molecule has 2 aromatic carbocycles. The monoisotopic (exact) mass is 451 g/mol. The summed E-state index contributed by atoms with van der Waals surface area (Å²) in [5, 5.41) is 17.1. The third-order valence-electron chi connectivity index (χ3n) is 5.13. The predicted octanol–water partition coefficient (Wildman–Crippen LogP) is 5.34. The van der Waals surface area contributed by atoms with Crippen LogP contribution in [0.2, 0.25) is 0 Å². The first kappa shape index (κ1) is 20.5. The van der Waals surface area contributed by atoms with Gasteiger partial charge in [-0.1, -0.05) is 48.5 Å². The molecule has 5 rings (SSSR count). The summed E-state index contributed by atoms with van der Waals surface area (Å²) < 4.78 is 1.72. The first-order valence-corrected chi connectivity index (χ1v) is 11.0. The van der Waals surface area contributed by atoms with Crippen LogP contribution in [0.1, 0.15) is 11.3 Å². The Bertz CT molecular complexity index is 1500. The molecule has 0 aliphatic rings. The van der Waals surface area contributed by atoms with Gasteiger partial charge in [-0.15, -0.1) is 11.3 Å². The number of carboxylic acids is 1. The molecular weight excluding hydrogens is 434 g/mol. The number of thiophene rings is 1. The minimum Gasteiger partial charge on any atom is -0.475 e. The Balaban J connectivity index is 1.71. The van der Waals surface area contributed by atoms with Crippen molar-refractivity contribution in [3.63, 3.8) is 0 Å². The summed E-state index contributed by atoms with van der Waals surface area (Å²) >= 11 is 1.52. The number of pyridine rings is 1. The summed E-state index contributed by atoms with van der Waals surface area (Å²) in [6, 6.07) is 24.4. The summed E-state index contributed by atoms with van der Waals surface area (Å²) in [6.07, 6.45) is 3.36. The fourth-order valence-electron chi connectivity index (χ4n) is 3.55. The lowest BCUT2D eigenvalue weighted by Gasteiger charge is -2.06. The molecule has 0 amide bonds. The van der Waals surface area contributed by atoms with Crippen molar-refractivity contribution >= 4 is 45.6 Å². The molecule has 0 saturated carbocycles. The number of hydrogen-bond donors (Lipinski definition) is 1. The van der Waals surface area contributed by atoms with Crippen LogP contribution in [-0.2, 0) is 9.59 Å². The maximum Gasteiger partial charge on any atom is 0.377 e. The van der Waals surface area contributed by atoms with Crippen LogP contribution in [-0.4, -0.2) is 31.6 Å². The van der Waals surface area contributed by atoms with Gasteiger partial charge in [0.1, 0.15) is 5.69 Å². The SMILES string of the molecule is O=C(O)C(=O)/C(=C/c1cn(-c2ccccc2)nc1-c1cccs1)c1ccc2ccccc2n1. The minimum absolute atomic E-state index is 0.00123. The number of carbonyl (C=O) groups excluding carboxylic acids is 1. The summed E-state index contributed by atoms with van der Waals surface area (Å²) in [4.78, 5) is 29.9. The molecule has 0 radical (unpaired) electrons. The molecule has 33 heavy (non-hydrogen) atoms. The van der Waals surface area contributed by atoms with E-state index >= 15 is 0 Å². The smallest absolute Gasteiger partial charge is 0.377 e. The topological polar surface area (TPSA) is 85.1 Å². The van der Waals surface area contributed by atoms with Crippen molar-refractivity contribution in [1.82, 2.24) is 14.8 Å². The molecule has 160 valence electrons. The number of Topliss-reactive ketones (excluding diaryl/α,β-unsaturated/α-hetero) is 1. The molecule has 6 nitrogen and oxygen atoms in total. The predicted molar refractivity (Wildman–Crippen MR) is 129 cm³/mol. The van der Waals surface area contributed by atoms with Gasteiger partial charge in [-0.2, -0.15) is 5.10 Å². The second kappa shape index (κ2) is 8.64. The van der Waals surface area contributed by atoms with E-state index in [2.05, 4.69) is 4.98 Å². The fraction of sp³-hybridized carbons (Fsp3) is 0. The number of carbonyl (C=O) groups is 2.